The second-order valence-corrected chi connectivity index (χ2v) is 6.58. The van der Waals surface area contributed by atoms with Gasteiger partial charge in [-0.05, 0) is 24.7 Å². The Hall–Kier alpha value is -1.10. The number of hydrogen-bond acceptors (Lipinski definition) is 3. The van der Waals surface area contributed by atoms with Crippen molar-refractivity contribution in [3.8, 4) is 0 Å². The molecule has 0 bridgehead atoms. The number of β-amino-alcohol motifs (C(OH)–C–C–N with tert-alkyl or cyclic N) is 1. The Labute approximate surface area is 113 Å². The summed E-state index contributed by atoms with van der Waals surface area (Å²) in [7, 11) is 0. The molecule has 19 heavy (non-hydrogen) atoms. The van der Waals surface area contributed by atoms with Crippen LogP contribution in [0.2, 0.25) is 0 Å². The van der Waals surface area contributed by atoms with Gasteiger partial charge in [0.25, 0.3) is 0 Å². The molecule has 1 unspecified atom stereocenters. The second-order valence-electron chi connectivity index (χ2n) is 6.58. The smallest absolute Gasteiger partial charge is 0.307 e. The maximum absolute atomic E-state index is 12.3. The molecule has 0 aromatic carbocycles. The fraction of sp³-hybridized carbons (Fsp3) is 0.857. The summed E-state index contributed by atoms with van der Waals surface area (Å²) >= 11 is 0. The lowest BCUT2D eigenvalue weighted by Gasteiger charge is -2.50. The van der Waals surface area contributed by atoms with Gasteiger partial charge in [0.05, 0.1) is 24.9 Å². The molecule has 5 heteroatoms. The van der Waals surface area contributed by atoms with E-state index in [0.29, 0.717) is 25.9 Å². The van der Waals surface area contributed by atoms with Crippen LogP contribution in [0.3, 0.4) is 0 Å². The summed E-state index contributed by atoms with van der Waals surface area (Å²) in [5.74, 6) is -1.56. The van der Waals surface area contributed by atoms with Gasteiger partial charge in [0, 0.05) is 0 Å². The molecule has 1 saturated heterocycles. The van der Waals surface area contributed by atoms with Crippen LogP contribution in [0.1, 0.15) is 33.6 Å². The molecule has 0 radical (unpaired) electrons. The Morgan fingerprint density at radius 3 is 2.21 bits per heavy atom. The quantitative estimate of drug-likeness (QED) is 0.800. The Morgan fingerprint density at radius 2 is 1.74 bits per heavy atom. The highest BCUT2D eigenvalue weighted by Crippen LogP contribution is 2.39. The molecule has 0 aromatic rings. The predicted molar refractivity (Wildman–Crippen MR) is 69.4 cm³/mol. The molecule has 2 rings (SSSR count). The highest BCUT2D eigenvalue weighted by atomic mass is 16.4. The van der Waals surface area contributed by atoms with E-state index in [2.05, 4.69) is 0 Å². The van der Waals surface area contributed by atoms with Crippen molar-refractivity contribution in [1.82, 2.24) is 4.90 Å². The Balaban J connectivity index is 2.00. The van der Waals surface area contributed by atoms with Gasteiger partial charge < -0.3 is 15.1 Å². The molecular weight excluding hydrogens is 246 g/mol. The minimum atomic E-state index is -0.873. The Bertz CT molecular complexity index is 387. The fourth-order valence-electron chi connectivity index (χ4n) is 3.21. The normalized spacial score (nSPS) is 33.3. The summed E-state index contributed by atoms with van der Waals surface area (Å²) in [6.07, 6.45) is 1.22. The molecule has 1 saturated carbocycles. The molecule has 0 aromatic heterocycles. The van der Waals surface area contributed by atoms with Crippen molar-refractivity contribution in [1.29, 1.82) is 0 Å². The van der Waals surface area contributed by atoms with Crippen LogP contribution in [0.15, 0.2) is 0 Å². The standard InChI is InChI=1S/C14H23NO4/c1-8(2)14(19)6-15(7-14)12(16)10-4-9(3)5-11(10)13(17)18/h8-11,19H,4-7H2,1-3H3,(H,17,18)/t9?,10-,11+/m0/s1. The van der Waals surface area contributed by atoms with E-state index in [-0.39, 0.29) is 17.7 Å². The predicted octanol–water partition coefficient (Wildman–Crippen LogP) is 0.963. The van der Waals surface area contributed by atoms with Gasteiger partial charge in [0.2, 0.25) is 5.91 Å². The Kier molecular flexibility index (Phi) is 3.60. The number of amides is 1. The van der Waals surface area contributed by atoms with Crippen LogP contribution in [-0.4, -0.2) is 45.7 Å². The molecule has 2 fully saturated rings. The lowest BCUT2D eigenvalue weighted by atomic mass is 9.81. The summed E-state index contributed by atoms with van der Waals surface area (Å²) in [5, 5.41) is 19.4. The number of aliphatic hydroxyl groups is 1. The van der Waals surface area contributed by atoms with Crippen molar-refractivity contribution in [3.05, 3.63) is 0 Å². The van der Waals surface area contributed by atoms with E-state index in [9.17, 15) is 19.8 Å². The molecule has 0 spiro atoms. The van der Waals surface area contributed by atoms with E-state index in [4.69, 9.17) is 0 Å². The molecule has 1 heterocycles. The second kappa shape index (κ2) is 4.78. The number of carboxylic acids is 1. The summed E-state index contributed by atoms with van der Waals surface area (Å²) < 4.78 is 0. The van der Waals surface area contributed by atoms with Crippen molar-refractivity contribution >= 4 is 11.9 Å². The van der Waals surface area contributed by atoms with Gasteiger partial charge in [0.15, 0.2) is 0 Å². The number of aliphatic carboxylic acids is 1. The minimum absolute atomic E-state index is 0.0953. The lowest BCUT2D eigenvalue weighted by Crippen LogP contribution is -2.67. The minimum Gasteiger partial charge on any atom is -0.481 e. The first-order valence-electron chi connectivity index (χ1n) is 6.98. The zero-order valence-electron chi connectivity index (χ0n) is 11.8. The average Bonchev–Trinajstić information content (AvgIpc) is 2.66. The summed E-state index contributed by atoms with van der Waals surface area (Å²) in [6, 6.07) is 0. The maximum atomic E-state index is 12.3. The maximum Gasteiger partial charge on any atom is 0.307 e. The molecule has 1 amide bonds. The summed E-state index contributed by atoms with van der Waals surface area (Å²) in [4.78, 5) is 25.2. The van der Waals surface area contributed by atoms with E-state index in [0.717, 1.165) is 0 Å². The third kappa shape index (κ3) is 2.48. The number of nitrogens with zero attached hydrogens (tertiary/aromatic N) is 1. The highest BCUT2D eigenvalue weighted by molar-refractivity contribution is 5.86. The third-order valence-corrected chi connectivity index (χ3v) is 4.75. The van der Waals surface area contributed by atoms with Crippen LogP contribution in [0.5, 0.6) is 0 Å². The highest BCUT2D eigenvalue weighted by Gasteiger charge is 2.50. The van der Waals surface area contributed by atoms with Crippen LogP contribution >= 0.6 is 0 Å². The van der Waals surface area contributed by atoms with Gasteiger partial charge in [-0.2, -0.15) is 0 Å². The van der Waals surface area contributed by atoms with E-state index < -0.39 is 23.4 Å². The van der Waals surface area contributed by atoms with Gasteiger partial charge in [-0.25, -0.2) is 0 Å². The fourth-order valence-corrected chi connectivity index (χ4v) is 3.21. The first-order chi connectivity index (χ1) is 8.74. The van der Waals surface area contributed by atoms with Crippen molar-refractivity contribution < 1.29 is 19.8 Å². The molecular formula is C14H23NO4. The van der Waals surface area contributed by atoms with Crippen LogP contribution in [-0.2, 0) is 9.59 Å². The molecule has 1 aliphatic heterocycles. The van der Waals surface area contributed by atoms with Crippen LogP contribution < -0.4 is 0 Å². The van der Waals surface area contributed by atoms with Crippen molar-refractivity contribution in [2.75, 3.05) is 13.1 Å². The van der Waals surface area contributed by atoms with E-state index in [1.54, 1.807) is 4.90 Å². The zero-order chi connectivity index (χ0) is 14.4. The van der Waals surface area contributed by atoms with Crippen molar-refractivity contribution in [2.24, 2.45) is 23.7 Å². The van der Waals surface area contributed by atoms with E-state index in [1.807, 2.05) is 20.8 Å². The lowest BCUT2D eigenvalue weighted by molar-refractivity contribution is -0.170. The number of carbonyl (C=O) groups is 2. The zero-order valence-corrected chi connectivity index (χ0v) is 11.8. The molecule has 3 atom stereocenters. The monoisotopic (exact) mass is 269 g/mol. The summed E-state index contributed by atoms with van der Waals surface area (Å²) in [6.45, 7) is 6.52. The third-order valence-electron chi connectivity index (χ3n) is 4.75. The average molecular weight is 269 g/mol. The topological polar surface area (TPSA) is 77.8 Å². The largest absolute Gasteiger partial charge is 0.481 e. The van der Waals surface area contributed by atoms with Crippen molar-refractivity contribution in [2.45, 2.75) is 39.2 Å². The first-order valence-corrected chi connectivity index (χ1v) is 6.98. The number of likely N-dealkylation sites (tertiary alicyclic amines) is 1. The van der Waals surface area contributed by atoms with Crippen molar-refractivity contribution in [3.63, 3.8) is 0 Å². The van der Waals surface area contributed by atoms with Crippen LogP contribution in [0.4, 0.5) is 0 Å². The van der Waals surface area contributed by atoms with E-state index in [1.165, 1.54) is 0 Å². The number of carbonyl (C=O) groups excluding carboxylic acids is 1. The Morgan fingerprint density at radius 1 is 1.21 bits per heavy atom. The van der Waals surface area contributed by atoms with Gasteiger partial charge in [-0.15, -0.1) is 0 Å². The van der Waals surface area contributed by atoms with Crippen LogP contribution in [0.25, 0.3) is 0 Å². The number of hydrogen-bond donors (Lipinski definition) is 2. The number of carboxylic acid groups (broad SMARTS) is 1. The SMILES string of the molecule is CC1C[C@H](C(=O)N2CC(O)(C(C)C)C2)[C@H](C(=O)O)C1. The summed E-state index contributed by atoms with van der Waals surface area (Å²) in [5.41, 5.74) is -0.793. The van der Waals surface area contributed by atoms with Gasteiger partial charge in [0.1, 0.15) is 5.60 Å². The molecule has 5 nitrogen and oxygen atoms in total. The van der Waals surface area contributed by atoms with E-state index >= 15 is 0 Å². The number of rotatable bonds is 3. The molecule has 1 aliphatic carbocycles. The van der Waals surface area contributed by atoms with Gasteiger partial charge >= 0.3 is 5.97 Å². The molecule has 2 N–H and O–H groups in total. The van der Waals surface area contributed by atoms with Gasteiger partial charge in [-0.3, -0.25) is 9.59 Å². The van der Waals surface area contributed by atoms with Gasteiger partial charge in [-0.1, -0.05) is 20.8 Å². The first kappa shape index (κ1) is 14.3. The molecule has 2 aliphatic rings. The van der Waals surface area contributed by atoms with Crippen LogP contribution in [0, 0.1) is 23.7 Å². The molecule has 108 valence electrons.